The van der Waals surface area contributed by atoms with Crippen LogP contribution >= 0.6 is 0 Å². The maximum absolute atomic E-state index is 11.7. The summed E-state index contributed by atoms with van der Waals surface area (Å²) in [4.78, 5) is 21.7. The number of amides is 1. The summed E-state index contributed by atoms with van der Waals surface area (Å²) < 4.78 is 1.60. The Morgan fingerprint density at radius 2 is 2.39 bits per heavy atom. The Morgan fingerprint density at radius 3 is 3.00 bits per heavy atom. The third-order valence-electron chi connectivity index (χ3n) is 2.25. The Labute approximate surface area is 101 Å². The third-order valence-corrected chi connectivity index (χ3v) is 2.25. The fraction of sp³-hybridized carbons (Fsp3) is 0.222. The number of carbonyl (C=O) groups is 1. The molecule has 0 bridgehead atoms. The van der Waals surface area contributed by atoms with Crippen molar-refractivity contribution in [3.05, 3.63) is 40.0 Å². The van der Waals surface area contributed by atoms with E-state index in [1.54, 1.807) is 24.1 Å². The van der Waals surface area contributed by atoms with Gasteiger partial charge in [0, 0.05) is 25.4 Å². The zero-order valence-electron chi connectivity index (χ0n) is 9.45. The van der Waals surface area contributed by atoms with Gasteiger partial charge in [0.25, 0.3) is 5.91 Å². The molecule has 2 heterocycles. The largest absolute Gasteiger partial charge is 0.346 e. The first-order valence-corrected chi connectivity index (χ1v) is 5.01. The average Bonchev–Trinajstić information content (AvgIpc) is 2.94. The predicted octanol–water partition coefficient (Wildman–Crippen LogP) is -0.0186. The molecule has 0 saturated carbocycles. The van der Waals surface area contributed by atoms with Crippen LogP contribution in [-0.4, -0.2) is 30.8 Å². The Bertz CT molecular complexity index is 587. The number of carbonyl (C=O) groups excluding carboxylic acids is 1. The van der Waals surface area contributed by atoms with Gasteiger partial charge < -0.3 is 5.32 Å². The number of hydrogen-bond donors (Lipinski definition) is 2. The molecule has 0 atom stereocenters. The highest BCUT2D eigenvalue weighted by atomic mass is 16.6. The van der Waals surface area contributed by atoms with Crippen LogP contribution in [0.3, 0.4) is 0 Å². The molecular formula is C9H10N6O3. The zero-order valence-corrected chi connectivity index (χ0v) is 9.45. The van der Waals surface area contributed by atoms with Crippen molar-refractivity contribution in [1.82, 2.24) is 25.3 Å². The molecule has 9 nitrogen and oxygen atoms in total. The molecule has 0 fully saturated rings. The first-order valence-electron chi connectivity index (χ1n) is 5.01. The van der Waals surface area contributed by atoms with E-state index >= 15 is 0 Å². The SMILES string of the molecule is Cn1cc(CNC(=O)c2[nH]ncc2[N+](=O)[O-])cn1. The zero-order chi connectivity index (χ0) is 13.1. The Hall–Kier alpha value is -2.71. The normalized spacial score (nSPS) is 10.3. The van der Waals surface area contributed by atoms with Crippen LogP contribution in [0.4, 0.5) is 5.69 Å². The summed E-state index contributed by atoms with van der Waals surface area (Å²) in [6, 6.07) is 0. The van der Waals surface area contributed by atoms with E-state index in [1.165, 1.54) is 0 Å². The van der Waals surface area contributed by atoms with Crippen molar-refractivity contribution in [2.75, 3.05) is 0 Å². The number of aromatic amines is 1. The van der Waals surface area contributed by atoms with Crippen molar-refractivity contribution in [2.24, 2.45) is 7.05 Å². The molecule has 18 heavy (non-hydrogen) atoms. The number of rotatable bonds is 4. The van der Waals surface area contributed by atoms with Crippen LogP contribution in [0, 0.1) is 10.1 Å². The summed E-state index contributed by atoms with van der Waals surface area (Å²) >= 11 is 0. The first kappa shape index (κ1) is 11.8. The molecule has 0 saturated heterocycles. The van der Waals surface area contributed by atoms with Crippen molar-refractivity contribution in [1.29, 1.82) is 0 Å². The minimum atomic E-state index is -0.664. The standard InChI is InChI=1S/C9H10N6O3/c1-14-5-6(3-12-14)2-10-9(16)8-7(15(17)18)4-11-13-8/h3-5H,2H2,1H3,(H,10,16)(H,11,13). The molecule has 0 unspecified atom stereocenters. The second-order valence-electron chi connectivity index (χ2n) is 3.59. The Balaban J connectivity index is 2.04. The highest BCUT2D eigenvalue weighted by Gasteiger charge is 2.22. The van der Waals surface area contributed by atoms with Gasteiger partial charge in [-0.1, -0.05) is 0 Å². The van der Waals surface area contributed by atoms with Gasteiger partial charge in [0.05, 0.1) is 11.1 Å². The molecular weight excluding hydrogens is 240 g/mol. The topological polar surface area (TPSA) is 119 Å². The lowest BCUT2D eigenvalue weighted by atomic mass is 10.3. The van der Waals surface area contributed by atoms with Gasteiger partial charge in [-0.2, -0.15) is 10.2 Å². The fourth-order valence-corrected chi connectivity index (χ4v) is 1.42. The molecule has 2 aromatic heterocycles. The predicted molar refractivity (Wildman–Crippen MR) is 59.6 cm³/mol. The quantitative estimate of drug-likeness (QED) is 0.583. The summed E-state index contributed by atoms with van der Waals surface area (Å²) in [5.41, 5.74) is 0.288. The van der Waals surface area contributed by atoms with Crippen LogP contribution < -0.4 is 5.32 Å². The maximum atomic E-state index is 11.7. The minimum Gasteiger partial charge on any atom is -0.346 e. The number of aromatic nitrogens is 4. The van der Waals surface area contributed by atoms with Crippen LogP contribution in [-0.2, 0) is 13.6 Å². The fourth-order valence-electron chi connectivity index (χ4n) is 1.42. The van der Waals surface area contributed by atoms with E-state index in [1.807, 2.05) is 0 Å². The van der Waals surface area contributed by atoms with Gasteiger partial charge >= 0.3 is 5.69 Å². The van der Waals surface area contributed by atoms with E-state index in [-0.39, 0.29) is 17.9 Å². The van der Waals surface area contributed by atoms with Gasteiger partial charge in [0.1, 0.15) is 6.20 Å². The molecule has 2 N–H and O–H groups in total. The summed E-state index contributed by atoms with van der Waals surface area (Å²) in [7, 11) is 1.76. The number of hydrogen-bond acceptors (Lipinski definition) is 5. The molecule has 1 amide bonds. The second-order valence-corrected chi connectivity index (χ2v) is 3.59. The number of H-pyrrole nitrogens is 1. The number of nitrogens with one attached hydrogen (secondary N) is 2. The van der Waals surface area contributed by atoms with Gasteiger partial charge in [-0.25, -0.2) is 0 Å². The lowest BCUT2D eigenvalue weighted by Crippen LogP contribution is -2.23. The molecule has 0 radical (unpaired) electrons. The maximum Gasteiger partial charge on any atom is 0.319 e. The Morgan fingerprint density at radius 1 is 1.61 bits per heavy atom. The molecule has 0 aliphatic rings. The summed E-state index contributed by atoms with van der Waals surface area (Å²) in [6.45, 7) is 0.239. The molecule has 0 aromatic carbocycles. The van der Waals surface area contributed by atoms with Crippen molar-refractivity contribution in [3.63, 3.8) is 0 Å². The van der Waals surface area contributed by atoms with Gasteiger partial charge in [0.15, 0.2) is 0 Å². The van der Waals surface area contributed by atoms with Crippen molar-refractivity contribution in [3.8, 4) is 0 Å². The first-order chi connectivity index (χ1) is 8.58. The van der Waals surface area contributed by atoms with Crippen molar-refractivity contribution >= 4 is 11.6 Å². The molecule has 0 aliphatic heterocycles. The van der Waals surface area contributed by atoms with Crippen molar-refractivity contribution in [2.45, 2.75) is 6.54 Å². The van der Waals surface area contributed by atoms with E-state index < -0.39 is 10.8 Å². The second kappa shape index (κ2) is 4.65. The third kappa shape index (κ3) is 2.34. The van der Waals surface area contributed by atoms with Gasteiger partial charge in [0.2, 0.25) is 5.69 Å². The highest BCUT2D eigenvalue weighted by Crippen LogP contribution is 2.14. The summed E-state index contributed by atoms with van der Waals surface area (Å²) in [6.07, 6.45) is 4.34. The van der Waals surface area contributed by atoms with E-state index in [0.717, 1.165) is 11.8 Å². The average molecular weight is 250 g/mol. The van der Waals surface area contributed by atoms with E-state index in [2.05, 4.69) is 20.6 Å². The number of nitro groups is 1. The number of aryl methyl sites for hydroxylation is 1. The molecule has 9 heteroatoms. The molecule has 0 aliphatic carbocycles. The lowest BCUT2D eigenvalue weighted by Gasteiger charge is -2.00. The van der Waals surface area contributed by atoms with E-state index in [4.69, 9.17) is 0 Å². The van der Waals surface area contributed by atoms with Crippen LogP contribution in [0.25, 0.3) is 0 Å². The Kier molecular flexibility index (Phi) is 3.04. The van der Waals surface area contributed by atoms with Crippen LogP contribution in [0.5, 0.6) is 0 Å². The minimum absolute atomic E-state index is 0.163. The van der Waals surface area contributed by atoms with Gasteiger partial charge in [-0.05, 0) is 0 Å². The lowest BCUT2D eigenvalue weighted by molar-refractivity contribution is -0.385. The molecule has 0 spiro atoms. The van der Waals surface area contributed by atoms with E-state index in [9.17, 15) is 14.9 Å². The molecule has 2 aromatic rings. The highest BCUT2D eigenvalue weighted by molar-refractivity contribution is 5.95. The monoisotopic (exact) mass is 250 g/mol. The van der Waals surface area contributed by atoms with Crippen LogP contribution in [0.2, 0.25) is 0 Å². The summed E-state index contributed by atoms with van der Waals surface area (Å²) in [5.74, 6) is -0.581. The van der Waals surface area contributed by atoms with Gasteiger partial charge in [-0.15, -0.1) is 0 Å². The molecule has 2 rings (SSSR count). The molecule has 94 valence electrons. The van der Waals surface area contributed by atoms with Crippen LogP contribution in [0.1, 0.15) is 16.1 Å². The van der Waals surface area contributed by atoms with E-state index in [0.29, 0.717) is 0 Å². The number of nitrogens with zero attached hydrogens (tertiary/aromatic N) is 4. The van der Waals surface area contributed by atoms with Crippen molar-refractivity contribution < 1.29 is 9.72 Å². The van der Waals surface area contributed by atoms with Crippen LogP contribution in [0.15, 0.2) is 18.6 Å². The smallest absolute Gasteiger partial charge is 0.319 e. The summed E-state index contributed by atoms with van der Waals surface area (Å²) in [5, 5.41) is 22.9. The van der Waals surface area contributed by atoms with Gasteiger partial charge in [-0.3, -0.25) is 24.7 Å².